The van der Waals surface area contributed by atoms with E-state index in [2.05, 4.69) is 10.1 Å². The minimum Gasteiger partial charge on any atom is -0.497 e. The Labute approximate surface area is 207 Å². The van der Waals surface area contributed by atoms with Gasteiger partial charge < -0.3 is 26.1 Å². The van der Waals surface area contributed by atoms with Gasteiger partial charge in [-0.05, 0) is 62.4 Å². The van der Waals surface area contributed by atoms with Crippen LogP contribution in [0.2, 0.25) is 0 Å². The Morgan fingerprint density at radius 1 is 1.14 bits per heavy atom. The van der Waals surface area contributed by atoms with E-state index in [0.717, 1.165) is 35.6 Å². The van der Waals surface area contributed by atoms with Crippen LogP contribution in [-0.4, -0.2) is 47.6 Å². The molecule has 3 rings (SSSR count). The van der Waals surface area contributed by atoms with Crippen molar-refractivity contribution in [2.45, 2.75) is 51.6 Å². The SMILES string of the molecule is COc1cccc(C/C(=N/N)N(N)C/C(=C(/N)c2ccc(OC3CCCCC3)c(C)n2)N(C)N)c1. The van der Waals surface area contributed by atoms with Gasteiger partial charge in [0.1, 0.15) is 17.3 Å². The summed E-state index contributed by atoms with van der Waals surface area (Å²) in [6, 6.07) is 11.4. The first-order valence-electron chi connectivity index (χ1n) is 11.9. The van der Waals surface area contributed by atoms with E-state index in [1.807, 2.05) is 43.3 Å². The fourth-order valence-electron chi connectivity index (χ4n) is 4.16. The molecule has 10 heteroatoms. The Hall–Kier alpha value is -3.50. The van der Waals surface area contributed by atoms with Crippen LogP contribution in [0.25, 0.3) is 5.70 Å². The average molecular weight is 483 g/mol. The molecular weight excluding hydrogens is 444 g/mol. The minimum atomic E-state index is 0.180. The van der Waals surface area contributed by atoms with Crippen molar-refractivity contribution in [1.82, 2.24) is 15.0 Å². The molecule has 0 amide bonds. The Morgan fingerprint density at radius 3 is 2.51 bits per heavy atom. The van der Waals surface area contributed by atoms with E-state index in [1.165, 1.54) is 29.3 Å². The van der Waals surface area contributed by atoms with Gasteiger partial charge in [0.15, 0.2) is 0 Å². The molecule has 0 spiro atoms. The van der Waals surface area contributed by atoms with Crippen LogP contribution in [0.5, 0.6) is 11.5 Å². The maximum atomic E-state index is 6.51. The van der Waals surface area contributed by atoms with Gasteiger partial charge in [0.25, 0.3) is 0 Å². The number of aryl methyl sites for hydroxylation is 1. The smallest absolute Gasteiger partial charge is 0.143 e. The fourth-order valence-corrected chi connectivity index (χ4v) is 4.16. The maximum Gasteiger partial charge on any atom is 0.143 e. The molecule has 0 saturated heterocycles. The lowest BCUT2D eigenvalue weighted by atomic mass is 9.98. The lowest BCUT2D eigenvalue weighted by Gasteiger charge is -2.27. The second-order valence-electron chi connectivity index (χ2n) is 8.83. The molecule has 1 fully saturated rings. The highest BCUT2D eigenvalue weighted by atomic mass is 16.5. The minimum absolute atomic E-state index is 0.180. The monoisotopic (exact) mass is 482 g/mol. The van der Waals surface area contributed by atoms with E-state index >= 15 is 0 Å². The zero-order valence-electron chi connectivity index (χ0n) is 20.9. The third kappa shape index (κ3) is 7.00. The summed E-state index contributed by atoms with van der Waals surface area (Å²) in [6.07, 6.45) is 6.52. The number of ether oxygens (including phenoxy) is 2. The van der Waals surface area contributed by atoms with Crippen LogP contribution in [-0.2, 0) is 6.42 Å². The number of amidine groups is 1. The predicted octanol–water partition coefficient (Wildman–Crippen LogP) is 2.23. The van der Waals surface area contributed by atoms with Crippen LogP contribution < -0.4 is 32.7 Å². The van der Waals surface area contributed by atoms with Crippen molar-refractivity contribution >= 4 is 11.5 Å². The summed E-state index contributed by atoms with van der Waals surface area (Å²) in [5.41, 5.74) is 9.83. The third-order valence-corrected chi connectivity index (χ3v) is 6.19. The Balaban J connectivity index is 1.76. The molecule has 0 bridgehead atoms. The normalized spacial score (nSPS) is 15.4. The number of pyridine rings is 1. The van der Waals surface area contributed by atoms with Crippen molar-refractivity contribution in [2.24, 2.45) is 28.4 Å². The summed E-state index contributed by atoms with van der Waals surface area (Å²) in [5, 5.41) is 6.74. The van der Waals surface area contributed by atoms with Gasteiger partial charge >= 0.3 is 0 Å². The highest BCUT2D eigenvalue weighted by Crippen LogP contribution is 2.26. The summed E-state index contributed by atoms with van der Waals surface area (Å²) in [6.45, 7) is 2.10. The zero-order chi connectivity index (χ0) is 25.4. The van der Waals surface area contributed by atoms with E-state index in [4.69, 9.17) is 32.7 Å². The molecule has 2 aromatic rings. The molecule has 10 nitrogen and oxygen atoms in total. The number of nitrogens with zero attached hydrogens (tertiary/aromatic N) is 4. The van der Waals surface area contributed by atoms with Crippen LogP contribution in [0.4, 0.5) is 0 Å². The van der Waals surface area contributed by atoms with Crippen molar-refractivity contribution < 1.29 is 9.47 Å². The van der Waals surface area contributed by atoms with E-state index < -0.39 is 0 Å². The fraction of sp³-hybridized carbons (Fsp3) is 0.440. The van der Waals surface area contributed by atoms with E-state index in [1.54, 1.807) is 14.2 Å². The summed E-state index contributed by atoms with van der Waals surface area (Å²) < 4.78 is 11.5. The molecule has 1 aliphatic carbocycles. The molecule has 1 aromatic heterocycles. The van der Waals surface area contributed by atoms with Gasteiger partial charge in [-0.25, -0.2) is 16.7 Å². The van der Waals surface area contributed by atoms with Crippen LogP contribution >= 0.6 is 0 Å². The molecule has 0 aliphatic heterocycles. The van der Waals surface area contributed by atoms with Gasteiger partial charge in [0.05, 0.1) is 42.5 Å². The molecule has 0 atom stereocenters. The molecule has 35 heavy (non-hydrogen) atoms. The van der Waals surface area contributed by atoms with Gasteiger partial charge in [-0.15, -0.1) is 0 Å². The zero-order valence-corrected chi connectivity index (χ0v) is 20.9. The molecular formula is C25H38N8O2. The van der Waals surface area contributed by atoms with Crippen LogP contribution in [0, 0.1) is 6.92 Å². The number of hydrazone groups is 1. The van der Waals surface area contributed by atoms with Crippen molar-refractivity contribution in [3.8, 4) is 11.5 Å². The van der Waals surface area contributed by atoms with Gasteiger partial charge in [0, 0.05) is 13.5 Å². The molecule has 190 valence electrons. The number of hydrogen-bond acceptors (Lipinski definition) is 9. The molecule has 0 unspecified atom stereocenters. The summed E-state index contributed by atoms with van der Waals surface area (Å²) in [4.78, 5) is 4.68. The number of rotatable bonds is 9. The molecule has 1 aliphatic rings. The van der Waals surface area contributed by atoms with Crippen LogP contribution in [0.3, 0.4) is 0 Å². The highest BCUT2D eigenvalue weighted by Gasteiger charge is 2.19. The molecule has 0 radical (unpaired) electrons. The van der Waals surface area contributed by atoms with Gasteiger partial charge in [0.2, 0.25) is 0 Å². The topological polar surface area (TPSA) is 154 Å². The standard InChI is InChI=1S/C25H38N8O2/c1-17-23(35-19-9-5-4-6-10-19)13-12-21(30-17)25(26)22(32(2)28)16-33(29)24(31-27)15-18-8-7-11-20(14-18)34-3/h7-8,11-14,19H,4-6,9-10,15-16,26-29H2,1-3H3/b25-22-,31-24-. The number of aromatic nitrogens is 1. The second-order valence-corrected chi connectivity index (χ2v) is 8.83. The van der Waals surface area contributed by atoms with Gasteiger partial charge in [-0.1, -0.05) is 18.6 Å². The van der Waals surface area contributed by atoms with Crippen LogP contribution in [0.1, 0.15) is 49.1 Å². The van der Waals surface area contributed by atoms with Crippen molar-refractivity contribution in [2.75, 3.05) is 20.7 Å². The highest BCUT2D eigenvalue weighted by molar-refractivity contribution is 5.84. The number of methoxy groups -OCH3 is 1. The number of likely N-dealkylation sites (N-methyl/N-ethyl adjacent to an activating group) is 1. The Kier molecular flexibility index (Phi) is 9.16. The van der Waals surface area contributed by atoms with Crippen molar-refractivity contribution in [3.05, 3.63) is 59.0 Å². The number of hydrazine groups is 2. The van der Waals surface area contributed by atoms with E-state index in [-0.39, 0.29) is 12.6 Å². The van der Waals surface area contributed by atoms with E-state index in [9.17, 15) is 0 Å². The first-order chi connectivity index (χ1) is 16.8. The number of hydrogen-bond donors (Lipinski definition) is 4. The third-order valence-electron chi connectivity index (χ3n) is 6.19. The quantitative estimate of drug-likeness (QED) is 0.182. The van der Waals surface area contributed by atoms with Crippen molar-refractivity contribution in [3.63, 3.8) is 0 Å². The molecule has 8 N–H and O–H groups in total. The first kappa shape index (κ1) is 26.1. The van der Waals surface area contributed by atoms with Crippen molar-refractivity contribution in [1.29, 1.82) is 0 Å². The van der Waals surface area contributed by atoms with Gasteiger partial charge in [-0.3, -0.25) is 5.01 Å². The number of benzene rings is 1. The maximum absolute atomic E-state index is 6.51. The predicted molar refractivity (Wildman–Crippen MR) is 139 cm³/mol. The lowest BCUT2D eigenvalue weighted by molar-refractivity contribution is 0.153. The number of nitrogens with two attached hydrogens (primary N) is 4. The van der Waals surface area contributed by atoms with Crippen LogP contribution in [0.15, 0.2) is 47.2 Å². The average Bonchev–Trinajstić information content (AvgIpc) is 2.87. The lowest BCUT2D eigenvalue weighted by Crippen LogP contribution is -2.44. The summed E-state index contributed by atoms with van der Waals surface area (Å²) in [7, 11) is 3.32. The summed E-state index contributed by atoms with van der Waals surface area (Å²) in [5.74, 6) is 20.1. The Morgan fingerprint density at radius 2 is 1.89 bits per heavy atom. The second kappa shape index (κ2) is 12.3. The largest absolute Gasteiger partial charge is 0.497 e. The molecule has 1 heterocycles. The van der Waals surface area contributed by atoms with Gasteiger partial charge in [-0.2, -0.15) is 5.10 Å². The first-order valence-corrected chi connectivity index (χ1v) is 11.9. The van der Waals surface area contributed by atoms with E-state index in [0.29, 0.717) is 29.3 Å². The molecule has 1 saturated carbocycles. The molecule has 1 aromatic carbocycles. The Bertz CT molecular complexity index is 1050. The summed E-state index contributed by atoms with van der Waals surface area (Å²) >= 11 is 0.